The van der Waals surface area contributed by atoms with Crippen molar-refractivity contribution in [1.82, 2.24) is 10.3 Å². The van der Waals surface area contributed by atoms with Gasteiger partial charge in [0, 0.05) is 30.5 Å². The van der Waals surface area contributed by atoms with Gasteiger partial charge in [0.1, 0.15) is 0 Å². The van der Waals surface area contributed by atoms with E-state index < -0.39 is 12.1 Å². The quantitative estimate of drug-likeness (QED) is 0.470. The number of pyridine rings is 1. The Morgan fingerprint density at radius 3 is 2.13 bits per heavy atom. The number of aromatic nitrogens is 1. The van der Waals surface area contributed by atoms with Crippen molar-refractivity contribution in [2.75, 3.05) is 6.54 Å². The van der Waals surface area contributed by atoms with Gasteiger partial charge in [0.15, 0.2) is 0 Å². The van der Waals surface area contributed by atoms with Crippen LogP contribution in [0.15, 0.2) is 73.1 Å². The Morgan fingerprint density at radius 1 is 1.00 bits per heavy atom. The number of aromatic carboxylic acids is 1. The normalized spacial score (nSPS) is 12.2. The lowest BCUT2D eigenvalue weighted by atomic mass is 10.00. The van der Waals surface area contributed by atoms with E-state index in [0.717, 1.165) is 23.1 Å². The van der Waals surface area contributed by atoms with Gasteiger partial charge in [-0.15, -0.1) is 24.8 Å². The Balaban J connectivity index is 0.00000225. The fourth-order valence-electron chi connectivity index (χ4n) is 3.07. The summed E-state index contributed by atoms with van der Waals surface area (Å²) in [6.45, 7) is 2.56. The first-order chi connectivity index (χ1) is 13.5. The number of carboxylic acid groups (broad SMARTS) is 1. The van der Waals surface area contributed by atoms with E-state index in [1.54, 1.807) is 24.5 Å². The Morgan fingerprint density at radius 2 is 1.60 bits per heavy atom. The van der Waals surface area contributed by atoms with Crippen molar-refractivity contribution >= 4 is 30.8 Å². The highest BCUT2D eigenvalue weighted by Gasteiger charge is 2.10. The molecule has 3 aromatic rings. The molecule has 3 N–H and O–H groups in total. The van der Waals surface area contributed by atoms with Gasteiger partial charge in [-0.05, 0) is 48.2 Å². The van der Waals surface area contributed by atoms with Crippen LogP contribution < -0.4 is 5.32 Å². The number of carbonyl (C=O) groups is 1. The number of hydrogen-bond donors (Lipinski definition) is 3. The highest BCUT2D eigenvalue weighted by Crippen LogP contribution is 2.21. The Labute approximate surface area is 189 Å². The topological polar surface area (TPSA) is 82.5 Å². The molecular formula is C23H26Cl2N2O3. The molecule has 2 aromatic carbocycles. The van der Waals surface area contributed by atoms with E-state index in [4.69, 9.17) is 5.11 Å². The van der Waals surface area contributed by atoms with E-state index >= 15 is 0 Å². The number of hydrogen-bond acceptors (Lipinski definition) is 4. The standard InChI is InChI=1S/C23H24N2O3.2ClH/c1-16(25-15-22(26)21-3-2-12-24-14-21)13-17-4-6-18(7-5-17)19-8-10-20(11-9-19)23(27)28;;/h2-12,14,16,22,25-26H,13,15H2,1H3,(H,27,28);2*1H/t16-,22+;;/m1../s1. The predicted molar refractivity (Wildman–Crippen MR) is 124 cm³/mol. The first-order valence-electron chi connectivity index (χ1n) is 9.27. The Kier molecular flexibility index (Phi) is 10.5. The summed E-state index contributed by atoms with van der Waals surface area (Å²) in [4.78, 5) is 15.0. The second-order valence-electron chi connectivity index (χ2n) is 6.90. The van der Waals surface area contributed by atoms with Gasteiger partial charge in [-0.3, -0.25) is 4.98 Å². The van der Waals surface area contributed by atoms with Gasteiger partial charge in [0.25, 0.3) is 0 Å². The van der Waals surface area contributed by atoms with Crippen LogP contribution in [0.3, 0.4) is 0 Å². The summed E-state index contributed by atoms with van der Waals surface area (Å²) in [5.74, 6) is -0.919. The van der Waals surface area contributed by atoms with Gasteiger partial charge in [0.2, 0.25) is 0 Å². The summed E-state index contributed by atoms with van der Waals surface area (Å²) in [6, 6.07) is 19.0. The molecule has 5 nitrogen and oxygen atoms in total. The van der Waals surface area contributed by atoms with E-state index in [1.165, 1.54) is 5.56 Å². The number of carboxylic acids is 1. The molecule has 0 aliphatic heterocycles. The highest BCUT2D eigenvalue weighted by atomic mass is 35.5. The number of nitrogens with zero attached hydrogens (tertiary/aromatic N) is 1. The third-order valence-electron chi connectivity index (χ3n) is 4.69. The predicted octanol–water partition coefficient (Wildman–Crippen LogP) is 4.54. The van der Waals surface area contributed by atoms with Gasteiger partial charge in [-0.25, -0.2) is 4.79 Å². The molecule has 30 heavy (non-hydrogen) atoms. The van der Waals surface area contributed by atoms with Crippen LogP contribution in [-0.4, -0.2) is 33.8 Å². The summed E-state index contributed by atoms with van der Waals surface area (Å²) >= 11 is 0. The number of nitrogens with one attached hydrogen (secondary N) is 1. The van der Waals surface area contributed by atoms with Crippen molar-refractivity contribution in [3.05, 3.63) is 89.7 Å². The second-order valence-corrected chi connectivity index (χ2v) is 6.90. The number of rotatable bonds is 8. The molecule has 1 heterocycles. The summed E-state index contributed by atoms with van der Waals surface area (Å²) < 4.78 is 0. The molecule has 0 amide bonds. The van der Waals surface area contributed by atoms with Crippen molar-refractivity contribution in [2.45, 2.75) is 25.5 Å². The summed E-state index contributed by atoms with van der Waals surface area (Å²) in [5.41, 5.74) is 4.33. The first-order valence-corrected chi connectivity index (χ1v) is 9.27. The van der Waals surface area contributed by atoms with E-state index in [9.17, 15) is 9.90 Å². The number of aliphatic hydroxyl groups excluding tert-OH is 1. The zero-order valence-electron chi connectivity index (χ0n) is 16.6. The van der Waals surface area contributed by atoms with Crippen LogP contribution in [0, 0.1) is 0 Å². The number of benzene rings is 2. The van der Waals surface area contributed by atoms with E-state index in [0.29, 0.717) is 6.54 Å². The molecule has 0 radical (unpaired) electrons. The van der Waals surface area contributed by atoms with Crippen LogP contribution in [-0.2, 0) is 6.42 Å². The molecule has 2 atom stereocenters. The van der Waals surface area contributed by atoms with E-state index in [2.05, 4.69) is 29.4 Å². The lowest BCUT2D eigenvalue weighted by Crippen LogP contribution is -2.32. The van der Waals surface area contributed by atoms with Crippen LogP contribution in [0.5, 0.6) is 0 Å². The summed E-state index contributed by atoms with van der Waals surface area (Å²) in [5, 5.41) is 22.6. The monoisotopic (exact) mass is 448 g/mol. The molecule has 0 saturated carbocycles. The molecule has 0 bridgehead atoms. The second kappa shape index (κ2) is 12.3. The average molecular weight is 449 g/mol. The fourth-order valence-corrected chi connectivity index (χ4v) is 3.07. The lowest BCUT2D eigenvalue weighted by molar-refractivity contribution is 0.0697. The minimum Gasteiger partial charge on any atom is -0.478 e. The van der Waals surface area contributed by atoms with Crippen molar-refractivity contribution in [2.24, 2.45) is 0 Å². The van der Waals surface area contributed by atoms with E-state index in [-0.39, 0.29) is 36.4 Å². The largest absolute Gasteiger partial charge is 0.478 e. The van der Waals surface area contributed by atoms with Gasteiger partial charge in [-0.2, -0.15) is 0 Å². The fraction of sp³-hybridized carbons (Fsp3) is 0.217. The SMILES string of the molecule is C[C@H](Cc1ccc(-c2ccc(C(=O)O)cc2)cc1)NC[C@H](O)c1cccnc1.Cl.Cl. The van der Waals surface area contributed by atoms with Crippen LogP contribution in [0.4, 0.5) is 0 Å². The third-order valence-corrected chi connectivity index (χ3v) is 4.69. The molecule has 0 fully saturated rings. The van der Waals surface area contributed by atoms with Crippen LogP contribution in [0.1, 0.15) is 34.5 Å². The molecule has 1 aromatic heterocycles. The highest BCUT2D eigenvalue weighted by molar-refractivity contribution is 5.88. The minimum absolute atomic E-state index is 0. The molecule has 0 aliphatic carbocycles. The molecule has 3 rings (SSSR count). The zero-order valence-corrected chi connectivity index (χ0v) is 18.2. The lowest BCUT2D eigenvalue weighted by Gasteiger charge is -2.17. The van der Waals surface area contributed by atoms with Crippen molar-refractivity contribution in [3.8, 4) is 11.1 Å². The van der Waals surface area contributed by atoms with Gasteiger partial charge in [-0.1, -0.05) is 42.5 Å². The maximum absolute atomic E-state index is 10.9. The molecule has 0 aliphatic rings. The maximum Gasteiger partial charge on any atom is 0.335 e. The van der Waals surface area contributed by atoms with Crippen molar-refractivity contribution in [1.29, 1.82) is 0 Å². The van der Waals surface area contributed by atoms with Gasteiger partial charge in [0.05, 0.1) is 11.7 Å². The molecular weight excluding hydrogens is 423 g/mol. The first kappa shape index (κ1) is 25.6. The van der Waals surface area contributed by atoms with Crippen molar-refractivity contribution < 1.29 is 15.0 Å². The number of aliphatic hydroxyl groups is 1. The van der Waals surface area contributed by atoms with Crippen LogP contribution >= 0.6 is 24.8 Å². The van der Waals surface area contributed by atoms with Crippen LogP contribution in [0.2, 0.25) is 0 Å². The molecule has 7 heteroatoms. The summed E-state index contributed by atoms with van der Waals surface area (Å²) in [7, 11) is 0. The van der Waals surface area contributed by atoms with Crippen LogP contribution in [0.25, 0.3) is 11.1 Å². The Hall–Kier alpha value is -2.44. The smallest absolute Gasteiger partial charge is 0.335 e. The number of halogens is 2. The molecule has 160 valence electrons. The Bertz CT molecular complexity index is 904. The van der Waals surface area contributed by atoms with Crippen molar-refractivity contribution in [3.63, 3.8) is 0 Å². The van der Waals surface area contributed by atoms with E-state index in [1.807, 2.05) is 36.4 Å². The van der Waals surface area contributed by atoms with Gasteiger partial charge >= 0.3 is 5.97 Å². The molecule has 0 spiro atoms. The molecule has 0 saturated heterocycles. The van der Waals surface area contributed by atoms with Gasteiger partial charge < -0.3 is 15.5 Å². The average Bonchev–Trinajstić information content (AvgIpc) is 2.73. The third kappa shape index (κ3) is 7.11. The minimum atomic E-state index is -0.919. The molecule has 0 unspecified atom stereocenters. The zero-order chi connectivity index (χ0) is 19.9. The summed E-state index contributed by atoms with van der Waals surface area (Å²) in [6.07, 6.45) is 3.64. The maximum atomic E-state index is 10.9.